The molecular weight excluding hydrogens is 773 g/mol. The Kier molecular flexibility index (Phi) is 8.85. The molecule has 8 heteroatoms. The zero-order valence-corrected chi connectivity index (χ0v) is 33.5. The van der Waals surface area contributed by atoms with E-state index in [0.717, 1.165) is 71.4 Å². The van der Waals surface area contributed by atoms with Crippen LogP contribution < -0.4 is 0 Å². The number of nitrogens with zero attached hydrogens (tertiary/aromatic N) is 8. The fourth-order valence-electron chi connectivity index (χ4n) is 9.00. The summed E-state index contributed by atoms with van der Waals surface area (Å²) in [7, 11) is 0. The number of nitriles is 4. The second kappa shape index (κ2) is 14.8. The van der Waals surface area contributed by atoms with Crippen molar-refractivity contribution in [3.63, 3.8) is 0 Å². The first-order chi connectivity index (χ1) is 30.9. The van der Waals surface area contributed by atoms with Gasteiger partial charge in [-0.25, -0.2) is 9.69 Å². The Labute approximate surface area is 362 Å². The van der Waals surface area contributed by atoms with Crippen LogP contribution in [0.1, 0.15) is 27.8 Å². The molecule has 0 atom stereocenters. The van der Waals surface area contributed by atoms with E-state index in [1.165, 1.54) is 0 Å². The second-order valence-corrected chi connectivity index (χ2v) is 15.3. The number of hydrogen-bond donors (Lipinski definition) is 0. The highest BCUT2D eigenvalue weighted by Crippen LogP contribution is 2.45. The van der Waals surface area contributed by atoms with E-state index in [4.69, 9.17) is 13.1 Å². The van der Waals surface area contributed by atoms with Crippen LogP contribution in [0.2, 0.25) is 0 Å². The Balaban J connectivity index is 1.36. The third-order valence-electron chi connectivity index (χ3n) is 11.7. The van der Waals surface area contributed by atoms with Crippen LogP contribution in [0.3, 0.4) is 0 Å². The summed E-state index contributed by atoms with van der Waals surface area (Å²) in [6.45, 7) is 17.5. The first-order valence-electron chi connectivity index (χ1n) is 19.9. The first kappa shape index (κ1) is 37.6. The summed E-state index contributed by atoms with van der Waals surface area (Å²) in [5.74, 6) is 0. The van der Waals surface area contributed by atoms with Crippen LogP contribution >= 0.6 is 0 Å². The minimum atomic E-state index is 0.373. The minimum absolute atomic E-state index is 0.373. The molecule has 8 nitrogen and oxygen atoms in total. The number of aryl methyl sites for hydroxylation is 1. The Hall–Kier alpha value is -9.70. The van der Waals surface area contributed by atoms with Gasteiger partial charge in [0.25, 0.3) is 0 Å². The van der Waals surface area contributed by atoms with Gasteiger partial charge in [0.05, 0.1) is 93.1 Å². The Morgan fingerprint density at radius 3 is 1.57 bits per heavy atom. The normalized spacial score (nSPS) is 10.8. The molecule has 0 aliphatic rings. The lowest BCUT2D eigenvalue weighted by atomic mass is 9.95. The summed E-state index contributed by atoms with van der Waals surface area (Å²) in [6.07, 6.45) is 0. The number of fused-ring (bicyclic) bond motifs is 6. The van der Waals surface area contributed by atoms with Crippen LogP contribution in [-0.4, -0.2) is 9.13 Å². The van der Waals surface area contributed by atoms with Gasteiger partial charge in [-0.2, -0.15) is 21.0 Å². The highest BCUT2D eigenvalue weighted by molar-refractivity contribution is 6.13. The monoisotopic (exact) mass is 800 g/mol. The van der Waals surface area contributed by atoms with Gasteiger partial charge in [0.1, 0.15) is 0 Å². The van der Waals surface area contributed by atoms with Crippen molar-refractivity contribution in [1.29, 1.82) is 21.0 Å². The fourth-order valence-corrected chi connectivity index (χ4v) is 9.00. The van der Waals surface area contributed by atoms with Crippen LogP contribution in [0.15, 0.2) is 152 Å². The highest BCUT2D eigenvalue weighted by Gasteiger charge is 2.25. The van der Waals surface area contributed by atoms with E-state index in [-0.39, 0.29) is 0 Å². The zero-order chi connectivity index (χ0) is 43.4. The number of hydrogen-bond acceptors (Lipinski definition) is 4. The van der Waals surface area contributed by atoms with Gasteiger partial charge in [0, 0.05) is 27.1 Å². The van der Waals surface area contributed by atoms with E-state index in [1.54, 1.807) is 30.3 Å². The molecule has 0 saturated heterocycles. The van der Waals surface area contributed by atoms with E-state index in [1.807, 2.05) is 73.7 Å². The summed E-state index contributed by atoms with van der Waals surface area (Å²) >= 11 is 0. The maximum absolute atomic E-state index is 10.9. The van der Waals surface area contributed by atoms with Crippen molar-refractivity contribution in [2.75, 3.05) is 0 Å². The summed E-state index contributed by atoms with van der Waals surface area (Å²) < 4.78 is 4.33. The molecule has 10 rings (SSSR count). The van der Waals surface area contributed by atoms with Crippen molar-refractivity contribution in [3.05, 3.63) is 202 Å². The Bertz CT molecular complexity index is 3680. The van der Waals surface area contributed by atoms with Crippen molar-refractivity contribution in [1.82, 2.24) is 9.13 Å². The molecule has 0 radical (unpaired) electrons. The summed E-state index contributed by atoms with van der Waals surface area (Å²) in [6, 6.07) is 57.5. The standard InChI is InChI=1S/C55H28N8/c1-33-20-35(30-57)23-39(21-33)55-53(62-49-10-6-4-8-44(49)46-17-13-37(26-51(46)62)42-16-12-34(29-56)22-40(42)32-59)24-36(31-58)25-54(55)63-50-11-7-5-9-45(50)47-18-14-38(27-52(47)63)43-19-15-41(60-2)28-48(43)61-3/h4-28H,1H3. The number of para-hydroxylation sites is 2. The van der Waals surface area contributed by atoms with Gasteiger partial charge in [0.15, 0.2) is 11.4 Å². The molecule has 0 unspecified atom stereocenters. The molecule has 0 aliphatic carbocycles. The summed E-state index contributed by atoms with van der Waals surface area (Å²) in [5.41, 5.74) is 12.7. The third kappa shape index (κ3) is 6.02. The second-order valence-electron chi connectivity index (χ2n) is 15.3. The van der Waals surface area contributed by atoms with Gasteiger partial charge < -0.3 is 9.13 Å². The fraction of sp³-hybridized carbons (Fsp3) is 0.0182. The molecular formula is C55H28N8. The van der Waals surface area contributed by atoms with Crippen LogP contribution in [0.5, 0.6) is 0 Å². The summed E-state index contributed by atoms with van der Waals surface area (Å²) in [4.78, 5) is 7.35. The molecule has 0 N–H and O–H groups in total. The van der Waals surface area contributed by atoms with Crippen molar-refractivity contribution in [3.8, 4) is 69.0 Å². The predicted molar refractivity (Wildman–Crippen MR) is 248 cm³/mol. The van der Waals surface area contributed by atoms with Crippen molar-refractivity contribution in [2.45, 2.75) is 6.92 Å². The lowest BCUT2D eigenvalue weighted by molar-refractivity contribution is 1.13. The highest BCUT2D eigenvalue weighted by atomic mass is 15.0. The van der Waals surface area contributed by atoms with E-state index in [9.17, 15) is 21.0 Å². The molecule has 0 spiro atoms. The minimum Gasteiger partial charge on any atom is -0.308 e. The van der Waals surface area contributed by atoms with Crippen molar-refractivity contribution in [2.24, 2.45) is 0 Å². The van der Waals surface area contributed by atoms with Gasteiger partial charge in [-0.15, -0.1) is 0 Å². The van der Waals surface area contributed by atoms with Gasteiger partial charge in [0.2, 0.25) is 0 Å². The molecule has 288 valence electrons. The quantitative estimate of drug-likeness (QED) is 0.161. The van der Waals surface area contributed by atoms with E-state index >= 15 is 0 Å². The molecule has 0 bridgehead atoms. The van der Waals surface area contributed by atoms with Crippen LogP contribution in [-0.2, 0) is 0 Å². The topological polar surface area (TPSA) is 114 Å². The number of aromatic nitrogens is 2. The Morgan fingerprint density at radius 1 is 0.444 bits per heavy atom. The molecule has 0 aliphatic heterocycles. The number of benzene rings is 8. The zero-order valence-electron chi connectivity index (χ0n) is 33.5. The Morgan fingerprint density at radius 2 is 1.00 bits per heavy atom. The summed E-state index contributed by atoms with van der Waals surface area (Å²) in [5, 5.41) is 44.9. The molecule has 63 heavy (non-hydrogen) atoms. The predicted octanol–water partition coefficient (Wildman–Crippen LogP) is 13.8. The molecule has 2 heterocycles. The van der Waals surface area contributed by atoms with Gasteiger partial charge in [-0.3, -0.25) is 0 Å². The maximum atomic E-state index is 10.9. The van der Waals surface area contributed by atoms with E-state index in [0.29, 0.717) is 56.1 Å². The van der Waals surface area contributed by atoms with Crippen LogP contribution in [0.25, 0.3) is 98.1 Å². The maximum Gasteiger partial charge on any atom is 0.184 e. The SMILES string of the molecule is [C-]#[N+]c1ccc(-c2ccc3c4ccccc4n(-c4cc(C#N)cc(-n5c6ccccc6c6ccc(-c7ccc(C#N)cc7C#N)cc65)c4-c4cc(C)cc(C#N)c4)c3c2)c([N+]#[C-])c1. The lowest BCUT2D eigenvalue weighted by Crippen LogP contribution is -2.05. The van der Waals surface area contributed by atoms with Gasteiger partial charge in [-0.1, -0.05) is 91.0 Å². The average Bonchev–Trinajstić information content (AvgIpc) is 3.84. The van der Waals surface area contributed by atoms with Crippen LogP contribution in [0, 0.1) is 65.4 Å². The van der Waals surface area contributed by atoms with Crippen LogP contribution in [0.4, 0.5) is 11.4 Å². The molecule has 0 fully saturated rings. The molecule has 2 aromatic heterocycles. The lowest BCUT2D eigenvalue weighted by Gasteiger charge is -2.21. The van der Waals surface area contributed by atoms with Crippen molar-refractivity contribution >= 4 is 55.0 Å². The van der Waals surface area contributed by atoms with E-state index < -0.39 is 0 Å². The molecule has 10 aromatic rings. The van der Waals surface area contributed by atoms with E-state index in [2.05, 4.69) is 97.7 Å². The molecule has 8 aromatic carbocycles. The van der Waals surface area contributed by atoms with Gasteiger partial charge in [-0.05, 0) is 101 Å². The first-order valence-corrected chi connectivity index (χ1v) is 19.9. The number of rotatable bonds is 5. The molecule has 0 amide bonds. The molecule has 0 saturated carbocycles. The average molecular weight is 801 g/mol. The largest absolute Gasteiger partial charge is 0.308 e. The van der Waals surface area contributed by atoms with Crippen molar-refractivity contribution < 1.29 is 0 Å². The third-order valence-corrected chi connectivity index (χ3v) is 11.7. The van der Waals surface area contributed by atoms with Gasteiger partial charge >= 0.3 is 0 Å². The smallest absolute Gasteiger partial charge is 0.184 e.